The largest absolute Gasteiger partial charge is 0.377 e. The summed E-state index contributed by atoms with van der Waals surface area (Å²) < 4.78 is 73.6. The van der Waals surface area contributed by atoms with E-state index in [-0.39, 0.29) is 49.8 Å². The maximum Gasteiger partial charge on any atom is 0.291 e. The van der Waals surface area contributed by atoms with Crippen LogP contribution in [0, 0.1) is 0 Å². The van der Waals surface area contributed by atoms with E-state index in [1.165, 1.54) is 6.07 Å². The average molecular weight is 700 g/mol. The molecule has 21 heteroatoms. The molecule has 3 amide bonds. The van der Waals surface area contributed by atoms with E-state index in [4.69, 9.17) is 0 Å². The van der Waals surface area contributed by atoms with Gasteiger partial charge in [-0.3, -0.25) is 14.4 Å². The Hall–Kier alpha value is -4.31. The minimum absolute atomic E-state index is 0.0436. The molecule has 0 aliphatic carbocycles. The number of hydrogen-bond acceptors (Lipinski definition) is 13. The molecule has 1 aromatic heterocycles. The molecule has 0 aliphatic heterocycles. The molecule has 0 spiro atoms. The summed E-state index contributed by atoms with van der Waals surface area (Å²) in [6, 6.07) is 10.2. The standard InChI is InChI=1S/C25H33N9O9S3/c1-34(2)18-8-3-7-17-16(18)6-4-9-19(17)46(42,43)30-14-12-27-24(36)21-20(23(35)26-10-5-15-44(38)39)31-22(33-32-21)25(37)28-11-13-29-45(40)41/h3-4,6-9,30,44-45H,5,10-15H2,1-2H3,(H,26,35)(H,27,36)(H,28,37)(H,29,40,41). The molecule has 0 saturated heterocycles. The molecule has 2 aromatic carbocycles. The van der Waals surface area contributed by atoms with E-state index in [1.807, 2.05) is 31.1 Å². The van der Waals surface area contributed by atoms with Gasteiger partial charge in [-0.25, -0.2) is 39.7 Å². The summed E-state index contributed by atoms with van der Waals surface area (Å²) in [7, 11) is -5.88. The van der Waals surface area contributed by atoms with Crippen LogP contribution in [-0.4, -0.2) is 111 Å². The van der Waals surface area contributed by atoms with Crippen LogP contribution in [0.4, 0.5) is 5.69 Å². The number of nitrogens with zero attached hydrogens (tertiary/aromatic N) is 4. The van der Waals surface area contributed by atoms with E-state index < -0.39 is 66.6 Å². The first-order valence-corrected chi connectivity index (χ1v) is 17.6. The summed E-state index contributed by atoms with van der Waals surface area (Å²) in [5.74, 6) is -3.62. The Morgan fingerprint density at radius 2 is 1.39 bits per heavy atom. The molecular weight excluding hydrogens is 667 g/mol. The summed E-state index contributed by atoms with van der Waals surface area (Å²) in [5, 5.41) is 15.6. The highest BCUT2D eigenvalue weighted by Crippen LogP contribution is 2.30. The molecule has 18 nitrogen and oxygen atoms in total. The van der Waals surface area contributed by atoms with Crippen LogP contribution in [0.3, 0.4) is 0 Å². The zero-order chi connectivity index (χ0) is 33.9. The quantitative estimate of drug-likeness (QED) is 0.0563. The Kier molecular flexibility index (Phi) is 13.2. The molecule has 46 heavy (non-hydrogen) atoms. The van der Waals surface area contributed by atoms with Crippen molar-refractivity contribution in [2.24, 2.45) is 0 Å². The summed E-state index contributed by atoms with van der Waals surface area (Å²) in [5.41, 5.74) is -0.352. The van der Waals surface area contributed by atoms with Gasteiger partial charge in [0.05, 0.1) is 4.90 Å². The fourth-order valence-corrected chi connectivity index (χ4v) is 6.00. The lowest BCUT2D eigenvalue weighted by Crippen LogP contribution is -2.38. The molecule has 250 valence electrons. The van der Waals surface area contributed by atoms with E-state index in [0.29, 0.717) is 5.39 Å². The molecule has 0 unspecified atom stereocenters. The first kappa shape index (κ1) is 36.2. The minimum atomic E-state index is -4.01. The summed E-state index contributed by atoms with van der Waals surface area (Å²) in [6.45, 7) is -0.845. The number of aromatic nitrogens is 3. The number of rotatable bonds is 17. The number of fused-ring (bicyclic) bond motifs is 1. The third-order valence-electron chi connectivity index (χ3n) is 6.11. The van der Waals surface area contributed by atoms with Crippen molar-refractivity contribution in [1.82, 2.24) is 40.6 Å². The first-order chi connectivity index (χ1) is 21.8. The third-order valence-corrected chi connectivity index (χ3v) is 8.79. The van der Waals surface area contributed by atoms with Crippen LogP contribution in [0.2, 0.25) is 0 Å². The van der Waals surface area contributed by atoms with Crippen molar-refractivity contribution < 1.29 is 39.6 Å². The van der Waals surface area contributed by atoms with Gasteiger partial charge in [-0.1, -0.05) is 24.3 Å². The van der Waals surface area contributed by atoms with Crippen LogP contribution >= 0.6 is 0 Å². The Bertz CT molecular complexity index is 1850. The fraction of sp³-hybridized carbons (Fsp3) is 0.360. The van der Waals surface area contributed by atoms with Crippen molar-refractivity contribution in [2.75, 3.05) is 57.5 Å². The zero-order valence-electron chi connectivity index (χ0n) is 24.7. The van der Waals surface area contributed by atoms with Crippen LogP contribution in [0.1, 0.15) is 38.0 Å². The molecule has 3 aromatic rings. The molecule has 0 bridgehead atoms. The van der Waals surface area contributed by atoms with Crippen LogP contribution in [0.15, 0.2) is 41.3 Å². The molecule has 0 atom stereocenters. The van der Waals surface area contributed by atoms with E-state index in [9.17, 15) is 39.6 Å². The van der Waals surface area contributed by atoms with Gasteiger partial charge in [-0.2, -0.15) is 0 Å². The SMILES string of the molecule is CN(C)c1cccc2c(S(=O)(=O)NCCNC(=O)c3nnc(C(=O)NCCN[SH](=O)=O)nc3C(=O)NCCC[SH](=O)=O)cccc12. The average Bonchev–Trinajstić information content (AvgIpc) is 3.01. The van der Waals surface area contributed by atoms with Crippen molar-refractivity contribution in [3.63, 3.8) is 0 Å². The highest BCUT2D eigenvalue weighted by Gasteiger charge is 2.25. The second-order valence-electron chi connectivity index (χ2n) is 9.60. The third kappa shape index (κ3) is 10.1. The van der Waals surface area contributed by atoms with Gasteiger partial charge in [-0.05, 0) is 18.6 Å². The molecule has 0 fully saturated rings. The Morgan fingerprint density at radius 3 is 2.09 bits per heavy atom. The molecule has 1 heterocycles. The van der Waals surface area contributed by atoms with Gasteiger partial charge in [0.15, 0.2) is 11.4 Å². The monoisotopic (exact) mass is 699 g/mol. The second-order valence-corrected chi connectivity index (χ2v) is 13.3. The minimum Gasteiger partial charge on any atom is -0.377 e. The van der Waals surface area contributed by atoms with E-state index >= 15 is 0 Å². The number of carbonyl (C=O) groups is 3. The number of amides is 3. The van der Waals surface area contributed by atoms with Crippen LogP contribution in [-0.2, 0) is 31.6 Å². The van der Waals surface area contributed by atoms with Gasteiger partial charge < -0.3 is 20.9 Å². The van der Waals surface area contributed by atoms with Crippen molar-refractivity contribution in [3.8, 4) is 0 Å². The number of hydrogen-bond donors (Lipinski definition) is 7. The maximum atomic E-state index is 13.1. The number of sulfonamides is 1. The second kappa shape index (κ2) is 16.8. The van der Waals surface area contributed by atoms with Crippen LogP contribution < -0.4 is 30.3 Å². The topological polar surface area (TPSA) is 256 Å². The first-order valence-electron chi connectivity index (χ1n) is 13.6. The lowest BCUT2D eigenvalue weighted by atomic mass is 10.1. The fourth-order valence-electron chi connectivity index (χ4n) is 4.04. The highest BCUT2D eigenvalue weighted by molar-refractivity contribution is 7.89. The molecule has 0 aliphatic rings. The smallest absolute Gasteiger partial charge is 0.291 e. The van der Waals surface area contributed by atoms with Gasteiger partial charge >= 0.3 is 0 Å². The van der Waals surface area contributed by atoms with Crippen molar-refractivity contribution in [2.45, 2.75) is 11.3 Å². The Morgan fingerprint density at radius 1 is 0.761 bits per heavy atom. The van der Waals surface area contributed by atoms with Gasteiger partial charge in [0.2, 0.25) is 26.7 Å². The van der Waals surface area contributed by atoms with Crippen molar-refractivity contribution in [1.29, 1.82) is 0 Å². The number of thiol groups is 2. The molecule has 0 saturated carbocycles. The summed E-state index contributed by atoms with van der Waals surface area (Å²) >= 11 is 0. The van der Waals surface area contributed by atoms with Crippen molar-refractivity contribution >= 4 is 65.8 Å². The number of nitrogens with one attached hydrogen (secondary N) is 5. The molecule has 5 N–H and O–H groups in total. The van der Waals surface area contributed by atoms with Gasteiger partial charge in [0.25, 0.3) is 17.7 Å². The lowest BCUT2D eigenvalue weighted by Gasteiger charge is -2.17. The lowest BCUT2D eigenvalue weighted by molar-refractivity contribution is 0.0903. The van der Waals surface area contributed by atoms with Gasteiger partial charge in [-0.15, -0.1) is 10.2 Å². The van der Waals surface area contributed by atoms with E-state index in [2.05, 4.69) is 40.6 Å². The molecule has 3 rings (SSSR count). The molecule has 0 radical (unpaired) electrons. The Balaban J connectivity index is 1.72. The number of carbonyl (C=O) groups excluding carboxylic acids is 3. The van der Waals surface area contributed by atoms with Gasteiger partial charge in [0, 0.05) is 69.0 Å². The van der Waals surface area contributed by atoms with Crippen LogP contribution in [0.5, 0.6) is 0 Å². The van der Waals surface area contributed by atoms with E-state index in [1.54, 1.807) is 18.2 Å². The predicted molar refractivity (Wildman–Crippen MR) is 168 cm³/mol. The summed E-state index contributed by atoms with van der Waals surface area (Å²) in [6.07, 6.45) is 0.0695. The highest BCUT2D eigenvalue weighted by atomic mass is 32.2. The number of benzene rings is 2. The normalized spacial score (nSPS) is 11.5. The maximum absolute atomic E-state index is 13.1. The predicted octanol–water partition coefficient (Wildman–Crippen LogP) is -2.62. The van der Waals surface area contributed by atoms with E-state index in [0.717, 1.165) is 11.1 Å². The van der Waals surface area contributed by atoms with Crippen LogP contribution in [0.25, 0.3) is 10.8 Å². The number of anilines is 1. The summed E-state index contributed by atoms with van der Waals surface area (Å²) in [4.78, 5) is 44.0. The Labute approximate surface area is 267 Å². The van der Waals surface area contributed by atoms with Gasteiger partial charge in [0.1, 0.15) is 10.7 Å². The molecular formula is C25H33N9O9S3. The zero-order valence-corrected chi connectivity index (χ0v) is 27.3. The van der Waals surface area contributed by atoms with Crippen molar-refractivity contribution in [3.05, 3.63) is 53.6 Å².